The summed E-state index contributed by atoms with van der Waals surface area (Å²) in [7, 11) is -3.16. The van der Waals surface area contributed by atoms with Crippen LogP contribution in [0.3, 0.4) is 0 Å². The molecular formula is C16H18N2O2S. The Kier molecular flexibility index (Phi) is 4.43. The average Bonchev–Trinajstić information content (AvgIpc) is 2.45. The van der Waals surface area contributed by atoms with Crippen LogP contribution >= 0.6 is 0 Å². The van der Waals surface area contributed by atoms with Gasteiger partial charge in [0.15, 0.2) is 9.84 Å². The fourth-order valence-electron chi connectivity index (χ4n) is 1.78. The van der Waals surface area contributed by atoms with Crippen LogP contribution in [0.15, 0.2) is 58.5 Å². The molecule has 2 aromatic carbocycles. The molecule has 0 aliphatic rings. The molecule has 0 spiro atoms. The Hall–Kier alpha value is -2.14. The molecule has 0 bridgehead atoms. The summed E-state index contributed by atoms with van der Waals surface area (Å²) in [6, 6.07) is 14.6. The quantitative estimate of drug-likeness (QED) is 0.697. The van der Waals surface area contributed by atoms with Crippen LogP contribution in [0.4, 0.5) is 5.69 Å². The number of aryl methyl sites for hydroxylation is 1. The lowest BCUT2D eigenvalue weighted by atomic mass is 10.1. The fraction of sp³-hybridized carbons (Fsp3) is 0.188. The van der Waals surface area contributed by atoms with Crippen LogP contribution in [0, 0.1) is 6.92 Å². The van der Waals surface area contributed by atoms with Gasteiger partial charge in [-0.3, -0.25) is 5.43 Å². The first-order chi connectivity index (χ1) is 9.86. The zero-order chi connectivity index (χ0) is 15.5. The summed E-state index contributed by atoms with van der Waals surface area (Å²) in [5, 5.41) is 4.30. The van der Waals surface area contributed by atoms with Crippen molar-refractivity contribution in [2.75, 3.05) is 11.7 Å². The SMILES string of the molecule is C/C(=N/Nc1ccc(C)cc1)c1ccc(S(C)(=O)=O)cc1. The summed E-state index contributed by atoms with van der Waals surface area (Å²) >= 11 is 0. The van der Waals surface area contributed by atoms with Gasteiger partial charge in [-0.2, -0.15) is 5.10 Å². The first-order valence-electron chi connectivity index (χ1n) is 6.54. The van der Waals surface area contributed by atoms with E-state index >= 15 is 0 Å². The minimum atomic E-state index is -3.16. The molecule has 1 N–H and O–H groups in total. The molecule has 0 fully saturated rings. The molecule has 0 saturated carbocycles. The lowest BCUT2D eigenvalue weighted by molar-refractivity contribution is 0.602. The second kappa shape index (κ2) is 6.10. The minimum Gasteiger partial charge on any atom is -0.278 e. The molecule has 21 heavy (non-hydrogen) atoms. The third kappa shape index (κ3) is 4.16. The molecule has 0 aromatic heterocycles. The summed E-state index contributed by atoms with van der Waals surface area (Å²) in [5.41, 5.74) is 6.75. The summed E-state index contributed by atoms with van der Waals surface area (Å²) < 4.78 is 22.8. The first-order valence-corrected chi connectivity index (χ1v) is 8.43. The van der Waals surface area contributed by atoms with Gasteiger partial charge in [0.05, 0.1) is 16.3 Å². The van der Waals surface area contributed by atoms with Crippen molar-refractivity contribution in [1.82, 2.24) is 0 Å². The monoisotopic (exact) mass is 302 g/mol. The number of nitrogens with one attached hydrogen (secondary N) is 1. The van der Waals surface area contributed by atoms with Crippen molar-refractivity contribution in [3.63, 3.8) is 0 Å². The maximum absolute atomic E-state index is 11.4. The van der Waals surface area contributed by atoms with Crippen molar-refractivity contribution in [3.05, 3.63) is 59.7 Å². The van der Waals surface area contributed by atoms with Crippen LogP contribution in [-0.2, 0) is 9.84 Å². The number of rotatable bonds is 4. The van der Waals surface area contributed by atoms with Gasteiger partial charge >= 0.3 is 0 Å². The Morgan fingerprint density at radius 1 is 1.00 bits per heavy atom. The van der Waals surface area contributed by atoms with Crippen LogP contribution in [0.2, 0.25) is 0 Å². The molecule has 0 unspecified atom stereocenters. The van der Waals surface area contributed by atoms with Gasteiger partial charge in [-0.05, 0) is 43.7 Å². The Labute approximate surface area is 125 Å². The number of hydrogen-bond acceptors (Lipinski definition) is 4. The van der Waals surface area contributed by atoms with Gasteiger partial charge in [0.25, 0.3) is 0 Å². The maximum Gasteiger partial charge on any atom is 0.175 e. The summed E-state index contributed by atoms with van der Waals surface area (Å²) in [6.07, 6.45) is 1.20. The van der Waals surface area contributed by atoms with Crippen molar-refractivity contribution in [2.45, 2.75) is 18.7 Å². The molecule has 0 atom stereocenters. The van der Waals surface area contributed by atoms with E-state index in [2.05, 4.69) is 10.5 Å². The molecule has 0 radical (unpaired) electrons. The van der Waals surface area contributed by atoms with Gasteiger partial charge < -0.3 is 0 Å². The highest BCUT2D eigenvalue weighted by Gasteiger charge is 2.06. The van der Waals surface area contributed by atoms with Crippen LogP contribution in [0.1, 0.15) is 18.1 Å². The van der Waals surface area contributed by atoms with E-state index in [1.807, 2.05) is 38.1 Å². The zero-order valence-corrected chi connectivity index (χ0v) is 13.1. The van der Waals surface area contributed by atoms with E-state index in [-0.39, 0.29) is 0 Å². The topological polar surface area (TPSA) is 58.5 Å². The summed E-state index contributed by atoms with van der Waals surface area (Å²) in [6.45, 7) is 3.90. The van der Waals surface area contributed by atoms with Crippen LogP contribution in [0.25, 0.3) is 0 Å². The fourth-order valence-corrected chi connectivity index (χ4v) is 2.41. The highest BCUT2D eigenvalue weighted by atomic mass is 32.2. The molecule has 0 aliphatic heterocycles. The molecular weight excluding hydrogens is 284 g/mol. The van der Waals surface area contributed by atoms with Crippen LogP contribution in [0.5, 0.6) is 0 Å². The second-order valence-corrected chi connectivity index (χ2v) is 6.99. The number of sulfone groups is 1. The van der Waals surface area contributed by atoms with E-state index in [1.165, 1.54) is 11.8 Å². The normalized spacial score (nSPS) is 12.2. The van der Waals surface area contributed by atoms with E-state index in [0.29, 0.717) is 4.90 Å². The molecule has 0 aliphatic carbocycles. The van der Waals surface area contributed by atoms with Crippen molar-refractivity contribution in [2.24, 2.45) is 5.10 Å². The van der Waals surface area contributed by atoms with Crippen molar-refractivity contribution in [3.8, 4) is 0 Å². The largest absolute Gasteiger partial charge is 0.278 e. The summed E-state index contributed by atoms with van der Waals surface area (Å²) in [4.78, 5) is 0.311. The second-order valence-electron chi connectivity index (χ2n) is 4.97. The summed E-state index contributed by atoms with van der Waals surface area (Å²) in [5.74, 6) is 0. The van der Waals surface area contributed by atoms with Gasteiger partial charge in [0.2, 0.25) is 0 Å². The minimum absolute atomic E-state index is 0.311. The number of nitrogens with zero attached hydrogens (tertiary/aromatic N) is 1. The molecule has 5 heteroatoms. The van der Waals surface area contributed by atoms with E-state index in [9.17, 15) is 8.42 Å². The highest BCUT2D eigenvalue weighted by molar-refractivity contribution is 7.90. The highest BCUT2D eigenvalue weighted by Crippen LogP contribution is 2.12. The number of anilines is 1. The molecule has 0 saturated heterocycles. The lowest BCUT2D eigenvalue weighted by Gasteiger charge is -2.05. The Balaban J connectivity index is 2.14. The van der Waals surface area contributed by atoms with Crippen molar-refractivity contribution >= 4 is 21.2 Å². The lowest BCUT2D eigenvalue weighted by Crippen LogP contribution is -2.01. The van der Waals surface area contributed by atoms with Gasteiger partial charge in [0.1, 0.15) is 0 Å². The van der Waals surface area contributed by atoms with Gasteiger partial charge in [-0.15, -0.1) is 0 Å². The standard InChI is InChI=1S/C16H18N2O2S/c1-12-4-8-15(9-5-12)18-17-13(2)14-6-10-16(11-7-14)21(3,19)20/h4-11,18H,1-3H3/b17-13-. The average molecular weight is 302 g/mol. The molecule has 110 valence electrons. The Bertz CT molecular complexity index is 746. The van der Waals surface area contributed by atoms with Crippen molar-refractivity contribution in [1.29, 1.82) is 0 Å². The Morgan fingerprint density at radius 2 is 1.57 bits per heavy atom. The molecule has 2 aromatic rings. The molecule has 0 amide bonds. The van der Waals surface area contributed by atoms with E-state index < -0.39 is 9.84 Å². The molecule has 4 nitrogen and oxygen atoms in total. The van der Waals surface area contributed by atoms with Crippen molar-refractivity contribution < 1.29 is 8.42 Å². The Morgan fingerprint density at radius 3 is 2.10 bits per heavy atom. The number of hydrogen-bond donors (Lipinski definition) is 1. The predicted molar refractivity (Wildman–Crippen MR) is 86.6 cm³/mol. The third-order valence-corrected chi connectivity index (χ3v) is 4.23. The van der Waals surface area contributed by atoms with Gasteiger partial charge in [-0.25, -0.2) is 8.42 Å². The third-order valence-electron chi connectivity index (χ3n) is 3.10. The first kappa shape index (κ1) is 15.3. The maximum atomic E-state index is 11.4. The van der Waals surface area contributed by atoms with Crippen LogP contribution in [-0.4, -0.2) is 20.4 Å². The molecule has 2 rings (SSSR count). The van der Waals surface area contributed by atoms with E-state index in [1.54, 1.807) is 24.3 Å². The van der Waals surface area contributed by atoms with E-state index in [4.69, 9.17) is 0 Å². The van der Waals surface area contributed by atoms with Gasteiger partial charge in [0, 0.05) is 6.26 Å². The predicted octanol–water partition coefficient (Wildman–Crippen LogP) is 3.23. The van der Waals surface area contributed by atoms with Gasteiger partial charge in [-0.1, -0.05) is 29.8 Å². The number of benzene rings is 2. The zero-order valence-electron chi connectivity index (χ0n) is 12.3. The smallest absolute Gasteiger partial charge is 0.175 e. The number of hydrazone groups is 1. The molecule has 0 heterocycles. The van der Waals surface area contributed by atoms with E-state index in [0.717, 1.165) is 17.0 Å². The van der Waals surface area contributed by atoms with Crippen LogP contribution < -0.4 is 5.43 Å².